The minimum Gasteiger partial charge on any atom is -0.509 e. The fourth-order valence-electron chi connectivity index (χ4n) is 3.58. The van der Waals surface area contributed by atoms with Crippen LogP contribution in [0.5, 0.6) is 0 Å². The van der Waals surface area contributed by atoms with E-state index in [0.29, 0.717) is 36.8 Å². The second kappa shape index (κ2) is 8.85. The molecule has 138 valence electrons. The number of allylic oxidation sites excluding steroid dienone is 2. The van der Waals surface area contributed by atoms with Gasteiger partial charge < -0.3 is 30.6 Å². The van der Waals surface area contributed by atoms with Crippen LogP contribution in [0.4, 0.5) is 0 Å². The van der Waals surface area contributed by atoms with Crippen molar-refractivity contribution in [1.29, 1.82) is 0 Å². The van der Waals surface area contributed by atoms with E-state index in [1.54, 1.807) is 0 Å². The lowest BCUT2D eigenvalue weighted by Crippen LogP contribution is -2.46. The fourth-order valence-corrected chi connectivity index (χ4v) is 3.58. The van der Waals surface area contributed by atoms with Crippen molar-refractivity contribution in [1.82, 2.24) is 0 Å². The summed E-state index contributed by atoms with van der Waals surface area (Å²) in [6, 6.07) is 0. The summed E-state index contributed by atoms with van der Waals surface area (Å²) in [7, 11) is 0. The van der Waals surface area contributed by atoms with Gasteiger partial charge >= 0.3 is 0 Å². The predicted molar refractivity (Wildman–Crippen MR) is 89.5 cm³/mol. The Kier molecular flexibility index (Phi) is 7.10. The predicted octanol–water partition coefficient (Wildman–Crippen LogP) is 1.98. The topological polar surface area (TPSA) is 121 Å². The molecule has 0 aromatic heterocycles. The molecule has 24 heavy (non-hydrogen) atoms. The van der Waals surface area contributed by atoms with Gasteiger partial charge in [-0.25, -0.2) is 0 Å². The number of rotatable bonds is 5. The van der Waals surface area contributed by atoms with Crippen LogP contribution in [0, 0.1) is 0 Å². The molecule has 2 aliphatic rings. The highest BCUT2D eigenvalue weighted by atomic mass is 16.4. The summed E-state index contributed by atoms with van der Waals surface area (Å²) >= 11 is 0. The van der Waals surface area contributed by atoms with Crippen molar-refractivity contribution in [3.63, 3.8) is 0 Å². The molecular formula is C18H30O6. The second-order valence-electron chi connectivity index (χ2n) is 6.97. The monoisotopic (exact) mass is 342 g/mol. The molecule has 4 atom stereocenters. The van der Waals surface area contributed by atoms with Crippen LogP contribution in [-0.4, -0.2) is 55.1 Å². The minimum atomic E-state index is -1.78. The smallest absolute Gasteiger partial charge is 0.139 e. The molecule has 0 aliphatic heterocycles. The summed E-state index contributed by atoms with van der Waals surface area (Å²) in [4.78, 5) is 0. The van der Waals surface area contributed by atoms with Crippen LogP contribution in [0.3, 0.4) is 0 Å². The molecule has 2 aliphatic carbocycles. The van der Waals surface area contributed by atoms with Gasteiger partial charge in [-0.15, -0.1) is 0 Å². The summed E-state index contributed by atoms with van der Waals surface area (Å²) in [6.07, 6.45) is 1.53. The molecule has 6 nitrogen and oxygen atoms in total. The van der Waals surface area contributed by atoms with Crippen LogP contribution in [0.15, 0.2) is 22.7 Å². The molecular weight excluding hydrogens is 312 g/mol. The lowest BCUT2D eigenvalue weighted by Gasteiger charge is -2.29. The molecule has 0 aromatic rings. The molecule has 0 saturated heterocycles. The molecule has 2 rings (SSSR count). The molecule has 0 amide bonds. The molecule has 0 heterocycles. The first-order valence-corrected chi connectivity index (χ1v) is 8.97. The van der Waals surface area contributed by atoms with Gasteiger partial charge in [0.25, 0.3) is 0 Å². The zero-order valence-electron chi connectivity index (χ0n) is 14.1. The third kappa shape index (κ3) is 4.51. The van der Waals surface area contributed by atoms with Gasteiger partial charge in [-0.2, -0.15) is 0 Å². The molecule has 0 spiro atoms. The Morgan fingerprint density at radius 2 is 0.833 bits per heavy atom. The van der Waals surface area contributed by atoms with E-state index >= 15 is 0 Å². The van der Waals surface area contributed by atoms with Gasteiger partial charge in [-0.3, -0.25) is 0 Å². The maximum atomic E-state index is 10.1. The summed E-state index contributed by atoms with van der Waals surface area (Å²) in [6.45, 7) is 0. The van der Waals surface area contributed by atoms with E-state index in [-0.39, 0.29) is 11.5 Å². The fraction of sp³-hybridized carbons (Fsp3) is 0.778. The van der Waals surface area contributed by atoms with E-state index in [2.05, 4.69) is 0 Å². The van der Waals surface area contributed by atoms with Crippen LogP contribution in [-0.2, 0) is 0 Å². The van der Waals surface area contributed by atoms with E-state index in [1.807, 2.05) is 0 Å². The molecule has 6 heteroatoms. The Morgan fingerprint density at radius 3 is 1.12 bits per heavy atom. The molecule has 0 radical (unpaired) electrons. The standard InChI is InChI=1S/C18H30O6/c19-13(11-7-3-1-4-8-11)15(21)17(23)18(24)16(22)14(20)12-9-5-2-6-10-12/h15-24H,1-10H2/t15-,16-,17-,18-/m1/s1. The first-order chi connectivity index (χ1) is 11.4. The van der Waals surface area contributed by atoms with Crippen molar-refractivity contribution >= 4 is 0 Å². The highest BCUT2D eigenvalue weighted by Gasteiger charge is 2.36. The maximum Gasteiger partial charge on any atom is 0.139 e. The Morgan fingerprint density at radius 1 is 0.542 bits per heavy atom. The lowest BCUT2D eigenvalue weighted by molar-refractivity contribution is -0.101. The zero-order valence-corrected chi connectivity index (χ0v) is 14.1. The van der Waals surface area contributed by atoms with Gasteiger partial charge in [-0.1, -0.05) is 12.8 Å². The zero-order chi connectivity index (χ0) is 17.7. The summed E-state index contributed by atoms with van der Waals surface area (Å²) in [5.41, 5.74) is 1.37. The molecule has 2 saturated carbocycles. The summed E-state index contributed by atoms with van der Waals surface area (Å²) < 4.78 is 0. The second-order valence-corrected chi connectivity index (χ2v) is 6.97. The van der Waals surface area contributed by atoms with E-state index in [9.17, 15) is 30.6 Å². The number of aliphatic hydroxyl groups excluding tert-OH is 6. The lowest BCUT2D eigenvalue weighted by atomic mass is 9.89. The highest BCUT2D eigenvalue weighted by molar-refractivity contribution is 5.18. The van der Waals surface area contributed by atoms with Crippen molar-refractivity contribution in [2.24, 2.45) is 0 Å². The molecule has 0 unspecified atom stereocenters. The van der Waals surface area contributed by atoms with Crippen LogP contribution in [0.1, 0.15) is 64.2 Å². The van der Waals surface area contributed by atoms with Crippen LogP contribution in [0.2, 0.25) is 0 Å². The van der Waals surface area contributed by atoms with Crippen LogP contribution >= 0.6 is 0 Å². The third-order valence-electron chi connectivity index (χ3n) is 5.20. The van der Waals surface area contributed by atoms with Crippen molar-refractivity contribution in [2.45, 2.75) is 88.6 Å². The van der Waals surface area contributed by atoms with Crippen molar-refractivity contribution in [3.8, 4) is 0 Å². The number of hydrogen-bond acceptors (Lipinski definition) is 6. The van der Waals surface area contributed by atoms with Gasteiger partial charge in [0.1, 0.15) is 35.9 Å². The third-order valence-corrected chi connectivity index (χ3v) is 5.20. The Labute approximate surface area is 142 Å². The summed E-state index contributed by atoms with van der Waals surface area (Å²) in [5, 5.41) is 60.7. The number of hydrogen-bond donors (Lipinski definition) is 6. The van der Waals surface area contributed by atoms with Gasteiger partial charge in [0, 0.05) is 0 Å². The number of aliphatic hydroxyl groups is 6. The normalized spacial score (nSPS) is 24.2. The Bertz CT molecular complexity index is 424. The average molecular weight is 342 g/mol. The first kappa shape index (κ1) is 19.2. The molecule has 0 bridgehead atoms. The van der Waals surface area contributed by atoms with Gasteiger partial charge in [-0.05, 0) is 62.5 Å². The van der Waals surface area contributed by atoms with Gasteiger partial charge in [0.2, 0.25) is 0 Å². The SMILES string of the molecule is OC(=C1CCCCC1)[C@@H](O)[C@@H](O)[C@H](O)[C@H](O)C(O)=C1CCCCC1. The van der Waals surface area contributed by atoms with Gasteiger partial charge in [0.05, 0.1) is 0 Å². The van der Waals surface area contributed by atoms with E-state index in [0.717, 1.165) is 38.5 Å². The van der Waals surface area contributed by atoms with E-state index in [1.165, 1.54) is 0 Å². The van der Waals surface area contributed by atoms with E-state index in [4.69, 9.17) is 0 Å². The average Bonchev–Trinajstić information content (AvgIpc) is 2.65. The quantitative estimate of drug-likeness (QED) is 0.425. The van der Waals surface area contributed by atoms with Crippen LogP contribution in [0.25, 0.3) is 0 Å². The molecule has 6 N–H and O–H groups in total. The van der Waals surface area contributed by atoms with Crippen molar-refractivity contribution in [2.75, 3.05) is 0 Å². The summed E-state index contributed by atoms with van der Waals surface area (Å²) in [5.74, 6) is -0.642. The van der Waals surface area contributed by atoms with E-state index < -0.39 is 24.4 Å². The van der Waals surface area contributed by atoms with Crippen LogP contribution < -0.4 is 0 Å². The minimum absolute atomic E-state index is 0.321. The maximum absolute atomic E-state index is 10.1. The Balaban J connectivity index is 2.05. The van der Waals surface area contributed by atoms with Crippen molar-refractivity contribution in [3.05, 3.63) is 22.7 Å². The first-order valence-electron chi connectivity index (χ1n) is 8.97. The highest BCUT2D eigenvalue weighted by Crippen LogP contribution is 2.29. The Hall–Kier alpha value is -1.08. The van der Waals surface area contributed by atoms with Crippen molar-refractivity contribution < 1.29 is 30.6 Å². The largest absolute Gasteiger partial charge is 0.509 e. The molecule has 0 aromatic carbocycles. The molecule has 2 fully saturated rings. The van der Waals surface area contributed by atoms with Gasteiger partial charge in [0.15, 0.2) is 0 Å².